The van der Waals surface area contributed by atoms with Crippen molar-refractivity contribution in [3.05, 3.63) is 52.7 Å². The van der Waals surface area contributed by atoms with Crippen molar-refractivity contribution in [2.45, 2.75) is 18.9 Å². The topological polar surface area (TPSA) is 55.2 Å². The van der Waals surface area contributed by atoms with Crippen LogP contribution in [0.3, 0.4) is 0 Å². The summed E-state index contributed by atoms with van der Waals surface area (Å²) in [6.07, 6.45) is 6.46. The van der Waals surface area contributed by atoms with Crippen LogP contribution in [0.15, 0.2) is 41.5 Å². The molecule has 6 heteroatoms. The summed E-state index contributed by atoms with van der Waals surface area (Å²) in [5.74, 6) is 1.37. The van der Waals surface area contributed by atoms with Crippen LogP contribution in [0.2, 0.25) is 0 Å². The molecule has 2 aliphatic heterocycles. The molecule has 0 aromatic carbocycles. The quantitative estimate of drug-likeness (QED) is 0.847. The number of rotatable bonds is 3. The second kappa shape index (κ2) is 6.67. The number of carbonyl (C=O) groups is 1. The average Bonchev–Trinajstić information content (AvgIpc) is 2.63. The summed E-state index contributed by atoms with van der Waals surface area (Å²) in [5, 5.41) is 0. The first-order valence-corrected chi connectivity index (χ1v) is 9.97. The van der Waals surface area contributed by atoms with Gasteiger partial charge in [0.05, 0.1) is 5.75 Å². The lowest BCUT2D eigenvalue weighted by molar-refractivity contribution is -0.131. The van der Waals surface area contributed by atoms with Crippen LogP contribution in [-0.4, -0.2) is 45.5 Å². The number of pyridine rings is 2. The molecule has 2 bridgehead atoms. The van der Waals surface area contributed by atoms with Gasteiger partial charge in [-0.3, -0.25) is 14.6 Å². The molecule has 4 rings (SSSR count). The summed E-state index contributed by atoms with van der Waals surface area (Å²) < 4.78 is 1.93. The molecule has 0 radical (unpaired) electrons. The van der Waals surface area contributed by atoms with Gasteiger partial charge in [-0.1, -0.05) is 6.07 Å². The molecule has 0 spiro atoms. The number of hydrogen-bond acceptors (Lipinski definition) is 4. The molecule has 0 N–H and O–H groups in total. The number of nitrogens with zero attached hydrogens (tertiary/aromatic N) is 3. The third-order valence-electron chi connectivity index (χ3n) is 5.20. The number of piperidine rings is 1. The first-order chi connectivity index (χ1) is 12.2. The zero-order valence-electron chi connectivity index (χ0n) is 14.2. The Hall–Kier alpha value is -2.08. The third kappa shape index (κ3) is 2.99. The smallest absolute Gasteiger partial charge is 0.258 e. The third-order valence-corrected chi connectivity index (χ3v) is 5.73. The van der Waals surface area contributed by atoms with Gasteiger partial charge in [0.2, 0.25) is 5.91 Å². The predicted molar refractivity (Wildman–Crippen MR) is 99.7 cm³/mol. The predicted octanol–water partition coefficient (Wildman–Crippen LogP) is 2.22. The van der Waals surface area contributed by atoms with Crippen LogP contribution in [0.4, 0.5) is 0 Å². The molecule has 0 unspecified atom stereocenters. The van der Waals surface area contributed by atoms with Gasteiger partial charge in [0.15, 0.2) is 0 Å². The Labute approximate surface area is 151 Å². The number of carbonyl (C=O) groups excluding carboxylic acids is 1. The highest BCUT2D eigenvalue weighted by atomic mass is 32.2. The second-order valence-corrected chi connectivity index (χ2v) is 7.73. The Balaban J connectivity index is 1.68. The van der Waals surface area contributed by atoms with Crippen molar-refractivity contribution < 1.29 is 4.79 Å². The van der Waals surface area contributed by atoms with Gasteiger partial charge in [0, 0.05) is 54.8 Å². The van der Waals surface area contributed by atoms with E-state index in [0.717, 1.165) is 30.8 Å². The number of aromatic nitrogens is 2. The van der Waals surface area contributed by atoms with Crippen LogP contribution in [-0.2, 0) is 11.3 Å². The van der Waals surface area contributed by atoms with E-state index in [9.17, 15) is 9.59 Å². The fourth-order valence-corrected chi connectivity index (χ4v) is 4.54. The normalized spacial score (nSPS) is 21.7. The Morgan fingerprint density at radius 2 is 2.16 bits per heavy atom. The van der Waals surface area contributed by atoms with Crippen molar-refractivity contribution in [1.82, 2.24) is 14.5 Å². The van der Waals surface area contributed by atoms with Gasteiger partial charge in [0.25, 0.3) is 5.56 Å². The Morgan fingerprint density at radius 1 is 1.28 bits per heavy atom. The fraction of sp³-hybridized carbons (Fsp3) is 0.421. The second-order valence-electron chi connectivity index (χ2n) is 6.86. The van der Waals surface area contributed by atoms with Gasteiger partial charge in [-0.2, -0.15) is 11.8 Å². The molecule has 25 heavy (non-hydrogen) atoms. The van der Waals surface area contributed by atoms with E-state index in [-0.39, 0.29) is 17.4 Å². The van der Waals surface area contributed by atoms with E-state index >= 15 is 0 Å². The highest BCUT2D eigenvalue weighted by Gasteiger charge is 2.36. The number of fused-ring (bicyclic) bond motifs is 4. The summed E-state index contributed by atoms with van der Waals surface area (Å²) in [6, 6.07) is 7.74. The minimum atomic E-state index is 0.0593. The van der Waals surface area contributed by atoms with Crippen LogP contribution >= 0.6 is 11.8 Å². The summed E-state index contributed by atoms with van der Waals surface area (Å²) >= 11 is 1.57. The van der Waals surface area contributed by atoms with Gasteiger partial charge in [0.1, 0.15) is 0 Å². The van der Waals surface area contributed by atoms with Gasteiger partial charge >= 0.3 is 0 Å². The standard InChI is InChI=1S/C19H21N3O2S/c1-25-12-18(23)21-9-13-7-15(11-21)17-5-4-16(19(24)22(17)10-13)14-3-2-6-20-8-14/h2-6,8,13,15H,7,9-12H2,1H3/t13-,15+/m0/s1. The van der Waals surface area contributed by atoms with Crippen molar-refractivity contribution in [3.63, 3.8) is 0 Å². The molecule has 2 aromatic heterocycles. The molecular formula is C19H21N3O2S. The van der Waals surface area contributed by atoms with E-state index < -0.39 is 0 Å². The Bertz CT molecular complexity index is 849. The molecule has 0 aliphatic carbocycles. The molecule has 2 aliphatic rings. The largest absolute Gasteiger partial charge is 0.341 e. The molecule has 4 heterocycles. The number of amides is 1. The van der Waals surface area contributed by atoms with Crippen molar-refractivity contribution in [2.75, 3.05) is 25.1 Å². The van der Waals surface area contributed by atoms with Crippen LogP contribution < -0.4 is 5.56 Å². The summed E-state index contributed by atoms with van der Waals surface area (Å²) in [4.78, 5) is 31.4. The number of thioether (sulfide) groups is 1. The zero-order valence-corrected chi connectivity index (χ0v) is 15.0. The molecule has 2 aromatic rings. The SMILES string of the molecule is CSCC(=O)N1C[C@@H]2C[C@H](C1)c1ccc(-c3cccnc3)c(=O)n1C2. The Kier molecular flexibility index (Phi) is 4.37. The highest BCUT2D eigenvalue weighted by Crippen LogP contribution is 2.35. The Morgan fingerprint density at radius 3 is 2.92 bits per heavy atom. The van der Waals surface area contributed by atoms with Crippen molar-refractivity contribution in [2.24, 2.45) is 5.92 Å². The zero-order chi connectivity index (χ0) is 17.4. The monoisotopic (exact) mass is 355 g/mol. The van der Waals surface area contributed by atoms with Crippen LogP contribution in [0.5, 0.6) is 0 Å². The van der Waals surface area contributed by atoms with Gasteiger partial charge in [-0.25, -0.2) is 0 Å². The van der Waals surface area contributed by atoms with E-state index in [4.69, 9.17) is 0 Å². The first-order valence-electron chi connectivity index (χ1n) is 8.58. The summed E-state index contributed by atoms with van der Waals surface area (Å²) in [7, 11) is 0. The molecule has 1 amide bonds. The van der Waals surface area contributed by atoms with Gasteiger partial charge < -0.3 is 9.47 Å². The fourth-order valence-electron chi connectivity index (χ4n) is 4.11. The lowest BCUT2D eigenvalue weighted by Crippen LogP contribution is -2.49. The molecule has 0 saturated carbocycles. The molecule has 130 valence electrons. The van der Waals surface area contributed by atoms with Crippen LogP contribution in [0.25, 0.3) is 11.1 Å². The maximum absolute atomic E-state index is 13.0. The van der Waals surface area contributed by atoms with Crippen LogP contribution in [0.1, 0.15) is 18.0 Å². The van der Waals surface area contributed by atoms with Crippen molar-refractivity contribution in [1.29, 1.82) is 0 Å². The van der Waals surface area contributed by atoms with Crippen LogP contribution in [0, 0.1) is 5.92 Å². The molecule has 1 saturated heterocycles. The molecule has 2 atom stereocenters. The lowest BCUT2D eigenvalue weighted by atomic mass is 9.83. The average molecular weight is 355 g/mol. The maximum atomic E-state index is 13.0. The van der Waals surface area contributed by atoms with Crippen molar-refractivity contribution >= 4 is 17.7 Å². The highest BCUT2D eigenvalue weighted by molar-refractivity contribution is 7.99. The van der Waals surface area contributed by atoms with E-state index in [1.165, 1.54) is 0 Å². The minimum Gasteiger partial charge on any atom is -0.341 e. The summed E-state index contributed by atoms with van der Waals surface area (Å²) in [6.45, 7) is 2.18. The number of likely N-dealkylation sites (tertiary alicyclic amines) is 1. The van der Waals surface area contributed by atoms with E-state index in [2.05, 4.69) is 11.1 Å². The summed E-state index contributed by atoms with van der Waals surface area (Å²) in [5.41, 5.74) is 2.68. The van der Waals surface area contributed by atoms with E-state index in [0.29, 0.717) is 23.8 Å². The minimum absolute atomic E-state index is 0.0593. The van der Waals surface area contributed by atoms with E-state index in [1.54, 1.807) is 24.2 Å². The maximum Gasteiger partial charge on any atom is 0.258 e. The molecule has 5 nitrogen and oxygen atoms in total. The van der Waals surface area contributed by atoms with Crippen molar-refractivity contribution in [3.8, 4) is 11.1 Å². The van der Waals surface area contributed by atoms with E-state index in [1.807, 2.05) is 33.9 Å². The van der Waals surface area contributed by atoms with Gasteiger partial charge in [-0.05, 0) is 36.8 Å². The molecular weight excluding hydrogens is 334 g/mol. The first kappa shape index (κ1) is 16.4. The number of hydrogen-bond donors (Lipinski definition) is 0. The van der Waals surface area contributed by atoms with Gasteiger partial charge in [-0.15, -0.1) is 0 Å². The molecule has 1 fully saturated rings. The lowest BCUT2D eigenvalue weighted by Gasteiger charge is -2.43.